The molecule has 0 heterocycles. The molecule has 8 heteroatoms. The van der Waals surface area contributed by atoms with Gasteiger partial charge in [-0.15, -0.1) is 24.0 Å². The second-order valence-corrected chi connectivity index (χ2v) is 6.81. The summed E-state index contributed by atoms with van der Waals surface area (Å²) in [7, 11) is 8.98. The van der Waals surface area contributed by atoms with Gasteiger partial charge in [0.25, 0.3) is 0 Å². The topological polar surface area (TPSA) is 81.3 Å². The largest absolute Gasteiger partial charge is 0.496 e. The number of para-hydroxylation sites is 1. The molecular weight excluding hydrogens is 495 g/mol. The van der Waals surface area contributed by atoms with Crippen LogP contribution in [0.4, 0.5) is 0 Å². The summed E-state index contributed by atoms with van der Waals surface area (Å²) >= 11 is 0. The molecule has 0 aromatic heterocycles. The number of nitrogens with two attached hydrogens (primary N) is 1. The van der Waals surface area contributed by atoms with Crippen LogP contribution in [0.2, 0.25) is 0 Å². The maximum atomic E-state index is 6.08. The summed E-state index contributed by atoms with van der Waals surface area (Å²) in [5.41, 5.74) is 8.29. The second kappa shape index (κ2) is 13.2. The van der Waals surface area contributed by atoms with Gasteiger partial charge < -0.3 is 30.2 Å². The van der Waals surface area contributed by atoms with E-state index in [4.69, 9.17) is 19.9 Å². The molecule has 30 heavy (non-hydrogen) atoms. The maximum Gasteiger partial charge on any atom is 0.188 e. The average molecular weight is 528 g/mol. The van der Waals surface area contributed by atoms with Gasteiger partial charge in [-0.2, -0.15) is 0 Å². The molecule has 2 aromatic rings. The van der Waals surface area contributed by atoms with Crippen LogP contribution in [-0.2, 0) is 6.42 Å². The van der Waals surface area contributed by atoms with E-state index in [9.17, 15) is 0 Å². The van der Waals surface area contributed by atoms with Gasteiger partial charge in [-0.05, 0) is 44.3 Å². The fourth-order valence-electron chi connectivity index (χ4n) is 3.09. The van der Waals surface area contributed by atoms with Crippen LogP contribution in [0.25, 0.3) is 0 Å². The number of nitrogens with one attached hydrogen (secondary N) is 1. The van der Waals surface area contributed by atoms with E-state index in [1.807, 2.05) is 50.5 Å². The molecule has 1 atom stereocenters. The summed E-state index contributed by atoms with van der Waals surface area (Å²) in [6.07, 6.45) is 0.792. The van der Waals surface area contributed by atoms with Crippen molar-refractivity contribution in [2.24, 2.45) is 10.7 Å². The van der Waals surface area contributed by atoms with E-state index in [2.05, 4.69) is 21.3 Å². The van der Waals surface area contributed by atoms with E-state index in [0.29, 0.717) is 19.0 Å². The molecule has 0 fully saturated rings. The van der Waals surface area contributed by atoms with Crippen LogP contribution < -0.4 is 25.3 Å². The molecule has 2 rings (SSSR count). The van der Waals surface area contributed by atoms with Crippen molar-refractivity contribution < 1.29 is 14.2 Å². The van der Waals surface area contributed by atoms with E-state index in [0.717, 1.165) is 34.8 Å². The lowest BCUT2D eigenvalue weighted by atomic mass is 10.0. The smallest absolute Gasteiger partial charge is 0.188 e. The molecule has 0 aliphatic heterocycles. The minimum absolute atomic E-state index is 0. The zero-order valence-electron chi connectivity index (χ0n) is 18.3. The summed E-state index contributed by atoms with van der Waals surface area (Å²) in [4.78, 5) is 6.64. The molecule has 0 amide bonds. The van der Waals surface area contributed by atoms with Gasteiger partial charge in [0, 0.05) is 12.1 Å². The van der Waals surface area contributed by atoms with Crippen molar-refractivity contribution in [1.82, 2.24) is 10.2 Å². The van der Waals surface area contributed by atoms with Crippen LogP contribution >= 0.6 is 24.0 Å². The fraction of sp³-hybridized carbons (Fsp3) is 0.409. The Morgan fingerprint density at radius 3 is 2.30 bits per heavy atom. The van der Waals surface area contributed by atoms with Crippen LogP contribution in [-0.4, -0.2) is 59.4 Å². The molecule has 2 aromatic carbocycles. The van der Waals surface area contributed by atoms with Crippen LogP contribution in [0.5, 0.6) is 17.2 Å². The molecule has 0 saturated carbocycles. The van der Waals surface area contributed by atoms with E-state index in [1.54, 1.807) is 21.3 Å². The molecule has 0 radical (unpaired) electrons. The number of ether oxygens (including phenoxy) is 3. The standard InChI is InChI=1S/C22H32N4O3.HI/c1-26(2)18(17-8-6-7-9-19(17)27-3)15-25-22(23)24-13-12-16-10-11-20(28-4)21(14-16)29-5;/h6-11,14,18H,12-13,15H2,1-5H3,(H3,23,24,25);1H. The SMILES string of the molecule is COc1ccc(CCNC(N)=NCC(c2ccccc2OC)N(C)C)cc1OC.I. The number of nitrogens with zero attached hydrogens (tertiary/aromatic N) is 2. The second-order valence-electron chi connectivity index (χ2n) is 6.81. The zero-order chi connectivity index (χ0) is 21.2. The third kappa shape index (κ3) is 7.24. The predicted molar refractivity (Wildman–Crippen MR) is 133 cm³/mol. The van der Waals surface area contributed by atoms with Crippen molar-refractivity contribution in [1.29, 1.82) is 0 Å². The molecule has 0 saturated heterocycles. The number of hydrogen-bond acceptors (Lipinski definition) is 5. The van der Waals surface area contributed by atoms with E-state index in [1.165, 1.54) is 0 Å². The Kier molecular flexibility index (Phi) is 11.3. The molecule has 0 spiro atoms. The first-order valence-electron chi connectivity index (χ1n) is 9.54. The lowest BCUT2D eigenvalue weighted by molar-refractivity contribution is 0.295. The number of benzene rings is 2. The summed E-state index contributed by atoms with van der Waals surface area (Å²) in [5.74, 6) is 2.71. The Hall–Kier alpha value is -2.20. The monoisotopic (exact) mass is 528 g/mol. The van der Waals surface area contributed by atoms with Gasteiger partial charge in [0.05, 0.1) is 33.9 Å². The summed E-state index contributed by atoms with van der Waals surface area (Å²) in [6, 6.07) is 13.9. The van der Waals surface area contributed by atoms with Crippen molar-refractivity contribution in [2.75, 3.05) is 48.5 Å². The van der Waals surface area contributed by atoms with Crippen LogP contribution in [0.15, 0.2) is 47.5 Å². The lowest BCUT2D eigenvalue weighted by Gasteiger charge is -2.25. The van der Waals surface area contributed by atoms with E-state index < -0.39 is 0 Å². The Balaban J connectivity index is 0.00000450. The van der Waals surface area contributed by atoms with E-state index in [-0.39, 0.29) is 30.0 Å². The number of rotatable bonds is 10. The van der Waals surface area contributed by atoms with Gasteiger partial charge in [-0.25, -0.2) is 0 Å². The highest BCUT2D eigenvalue weighted by Crippen LogP contribution is 2.28. The first kappa shape index (κ1) is 25.8. The number of guanidine groups is 1. The van der Waals surface area contributed by atoms with Crippen LogP contribution in [0.1, 0.15) is 17.2 Å². The highest BCUT2D eigenvalue weighted by molar-refractivity contribution is 14.0. The molecule has 0 aliphatic carbocycles. The minimum Gasteiger partial charge on any atom is -0.496 e. The molecule has 0 bridgehead atoms. The Bertz CT molecular complexity index is 815. The summed E-state index contributed by atoms with van der Waals surface area (Å²) in [5, 5.41) is 3.18. The lowest BCUT2D eigenvalue weighted by Crippen LogP contribution is -2.34. The Morgan fingerprint density at radius 2 is 1.67 bits per heavy atom. The molecular formula is C22H33IN4O3. The minimum atomic E-state index is 0. The summed E-state index contributed by atoms with van der Waals surface area (Å²) in [6.45, 7) is 1.20. The van der Waals surface area contributed by atoms with Crippen molar-refractivity contribution in [3.05, 3.63) is 53.6 Å². The van der Waals surface area contributed by atoms with Crippen LogP contribution in [0.3, 0.4) is 0 Å². The third-order valence-corrected chi connectivity index (χ3v) is 4.72. The van der Waals surface area contributed by atoms with Crippen LogP contribution in [0, 0.1) is 0 Å². The van der Waals surface area contributed by atoms with Gasteiger partial charge >= 0.3 is 0 Å². The first-order valence-corrected chi connectivity index (χ1v) is 9.54. The van der Waals surface area contributed by atoms with Crippen molar-refractivity contribution in [3.63, 3.8) is 0 Å². The highest BCUT2D eigenvalue weighted by atomic mass is 127. The molecule has 1 unspecified atom stereocenters. The van der Waals surface area contributed by atoms with Gasteiger partial charge in [-0.3, -0.25) is 4.99 Å². The predicted octanol–water partition coefficient (Wildman–Crippen LogP) is 3.08. The molecule has 166 valence electrons. The first-order chi connectivity index (χ1) is 14.0. The number of likely N-dealkylation sites (N-methyl/N-ethyl adjacent to an activating group) is 1. The van der Waals surface area contributed by atoms with Crippen molar-refractivity contribution in [2.45, 2.75) is 12.5 Å². The van der Waals surface area contributed by atoms with Gasteiger partial charge in [-0.1, -0.05) is 24.3 Å². The Labute approximate surface area is 196 Å². The summed E-state index contributed by atoms with van der Waals surface area (Å²) < 4.78 is 16.1. The number of methoxy groups -OCH3 is 3. The highest BCUT2D eigenvalue weighted by Gasteiger charge is 2.17. The number of halogens is 1. The Morgan fingerprint density at radius 1 is 1.00 bits per heavy atom. The number of aliphatic imine (C=N–C) groups is 1. The zero-order valence-corrected chi connectivity index (χ0v) is 20.7. The fourth-order valence-corrected chi connectivity index (χ4v) is 3.09. The number of hydrogen-bond donors (Lipinski definition) is 2. The van der Waals surface area contributed by atoms with Gasteiger partial charge in [0.15, 0.2) is 17.5 Å². The maximum absolute atomic E-state index is 6.08. The van der Waals surface area contributed by atoms with Gasteiger partial charge in [0.2, 0.25) is 0 Å². The average Bonchev–Trinajstić information content (AvgIpc) is 2.73. The van der Waals surface area contributed by atoms with E-state index >= 15 is 0 Å². The molecule has 0 aliphatic rings. The molecule has 7 nitrogen and oxygen atoms in total. The van der Waals surface area contributed by atoms with Gasteiger partial charge in [0.1, 0.15) is 5.75 Å². The normalized spacial score (nSPS) is 12.1. The quantitative estimate of drug-likeness (QED) is 0.280. The molecule has 3 N–H and O–H groups in total. The van der Waals surface area contributed by atoms with Crippen molar-refractivity contribution in [3.8, 4) is 17.2 Å². The van der Waals surface area contributed by atoms with Crippen molar-refractivity contribution >= 4 is 29.9 Å². The third-order valence-electron chi connectivity index (χ3n) is 4.72.